The molecule has 6 aliphatic carbocycles. The molecule has 160 valence electrons. The van der Waals surface area contributed by atoms with Crippen molar-refractivity contribution in [1.29, 1.82) is 0 Å². The van der Waals surface area contributed by atoms with Gasteiger partial charge in [-0.3, -0.25) is 9.59 Å². The summed E-state index contributed by atoms with van der Waals surface area (Å²) in [6.45, 7) is 2.95. The first-order chi connectivity index (χ1) is 14.5. The van der Waals surface area contributed by atoms with Crippen molar-refractivity contribution in [3.8, 4) is 0 Å². The second-order valence-corrected chi connectivity index (χ2v) is 11.8. The molecule has 2 heterocycles. The minimum atomic E-state index is -0.282. The summed E-state index contributed by atoms with van der Waals surface area (Å²) in [5, 5.41) is 0. The van der Waals surface area contributed by atoms with E-state index in [1.807, 2.05) is 0 Å². The van der Waals surface area contributed by atoms with Crippen LogP contribution in [-0.2, 0) is 23.8 Å². The summed E-state index contributed by atoms with van der Waals surface area (Å²) in [5.74, 6) is 7.63. The van der Waals surface area contributed by atoms with Gasteiger partial charge < -0.3 is 14.2 Å². The zero-order valence-electron chi connectivity index (χ0n) is 17.6. The maximum atomic E-state index is 11.8. The molecule has 0 aromatic rings. The van der Waals surface area contributed by atoms with Crippen molar-refractivity contribution in [2.75, 3.05) is 0 Å². The molecule has 7 fully saturated rings. The summed E-state index contributed by atoms with van der Waals surface area (Å²) >= 11 is 0. The Balaban J connectivity index is 1.15. The summed E-state index contributed by atoms with van der Waals surface area (Å²) < 4.78 is 18.4. The molecule has 0 aromatic heterocycles. The molecular weight excluding hydrogens is 380 g/mol. The Kier molecular flexibility index (Phi) is 3.06. The van der Waals surface area contributed by atoms with Gasteiger partial charge in [0, 0.05) is 25.7 Å². The number of hydrogen-bond donors (Lipinski definition) is 0. The van der Waals surface area contributed by atoms with Crippen molar-refractivity contribution >= 4 is 11.9 Å². The van der Waals surface area contributed by atoms with E-state index in [-0.39, 0.29) is 24.1 Å². The predicted molar refractivity (Wildman–Crippen MR) is 105 cm³/mol. The molecule has 5 nitrogen and oxygen atoms in total. The van der Waals surface area contributed by atoms with E-state index >= 15 is 0 Å². The van der Waals surface area contributed by atoms with E-state index in [1.54, 1.807) is 0 Å². The summed E-state index contributed by atoms with van der Waals surface area (Å²) in [6.07, 6.45) is 9.02. The molecular formula is C25H30O5. The van der Waals surface area contributed by atoms with Crippen LogP contribution in [0, 0.1) is 71.0 Å². The van der Waals surface area contributed by atoms with Crippen LogP contribution in [0.15, 0.2) is 12.2 Å². The Hall–Kier alpha value is -1.36. The van der Waals surface area contributed by atoms with Crippen LogP contribution in [0.2, 0.25) is 0 Å². The molecule has 8 rings (SSSR count). The fraction of sp³-hybridized carbons (Fsp3) is 0.840. The monoisotopic (exact) mass is 410 g/mol. The fourth-order valence-corrected chi connectivity index (χ4v) is 11.1. The van der Waals surface area contributed by atoms with Gasteiger partial charge >= 0.3 is 11.9 Å². The Labute approximate surface area is 176 Å². The second-order valence-electron chi connectivity index (χ2n) is 11.8. The number of esters is 2. The maximum Gasteiger partial charge on any atom is 0.303 e. The van der Waals surface area contributed by atoms with Crippen LogP contribution in [-0.4, -0.2) is 36.4 Å². The van der Waals surface area contributed by atoms with Gasteiger partial charge in [-0.15, -0.1) is 0 Å². The van der Waals surface area contributed by atoms with Crippen LogP contribution in [0.3, 0.4) is 0 Å². The third kappa shape index (κ3) is 1.76. The van der Waals surface area contributed by atoms with Crippen LogP contribution in [0.25, 0.3) is 0 Å². The Morgan fingerprint density at radius 3 is 1.57 bits per heavy atom. The molecule has 5 heteroatoms. The van der Waals surface area contributed by atoms with Gasteiger partial charge in [-0.2, -0.15) is 0 Å². The van der Waals surface area contributed by atoms with Crippen LogP contribution in [0.4, 0.5) is 0 Å². The third-order valence-corrected chi connectivity index (χ3v) is 11.1. The Morgan fingerprint density at radius 1 is 0.667 bits per heavy atom. The van der Waals surface area contributed by atoms with Crippen LogP contribution < -0.4 is 0 Å². The van der Waals surface area contributed by atoms with Gasteiger partial charge in [-0.1, -0.05) is 12.2 Å². The number of fused-ring (bicyclic) bond motifs is 23. The molecule has 0 radical (unpaired) electrons. The molecule has 5 saturated carbocycles. The molecule has 30 heavy (non-hydrogen) atoms. The number of carbonyl (C=O) groups is 2. The van der Waals surface area contributed by atoms with Crippen molar-refractivity contribution < 1.29 is 23.8 Å². The summed E-state index contributed by atoms with van der Waals surface area (Å²) in [5.41, 5.74) is 0. The maximum absolute atomic E-state index is 11.8. The lowest BCUT2D eigenvalue weighted by atomic mass is 9.55. The van der Waals surface area contributed by atoms with Crippen LogP contribution in [0.5, 0.6) is 0 Å². The van der Waals surface area contributed by atoms with E-state index in [0.29, 0.717) is 35.9 Å². The molecule has 8 bridgehead atoms. The fourth-order valence-electron chi connectivity index (χ4n) is 11.1. The standard InChI is InChI=1S/C25H30O5/c1-8(26)28-22-14-7-15(23(22)29-9(2)27)21-20(14)24-18-12-6-13(19(18)25(21)30-24)17-11-4-3-10(5-11)16(12)17/h3-4,10-25H,5-7H2,1-2H3. The highest BCUT2D eigenvalue weighted by Crippen LogP contribution is 2.77. The first-order valence-electron chi connectivity index (χ1n) is 12.2. The van der Waals surface area contributed by atoms with Gasteiger partial charge in [0.15, 0.2) is 0 Å². The minimum Gasteiger partial charge on any atom is -0.458 e. The lowest BCUT2D eigenvalue weighted by Gasteiger charge is -2.49. The van der Waals surface area contributed by atoms with Gasteiger partial charge in [0.2, 0.25) is 0 Å². The van der Waals surface area contributed by atoms with E-state index in [4.69, 9.17) is 14.2 Å². The zero-order chi connectivity index (χ0) is 20.0. The largest absolute Gasteiger partial charge is 0.458 e. The molecule has 0 amide bonds. The third-order valence-electron chi connectivity index (χ3n) is 11.1. The number of carbonyl (C=O) groups excluding carboxylic acids is 2. The summed E-state index contributed by atoms with van der Waals surface area (Å²) in [4.78, 5) is 23.7. The summed E-state index contributed by atoms with van der Waals surface area (Å²) in [7, 11) is 0. The van der Waals surface area contributed by atoms with Gasteiger partial charge in [0.25, 0.3) is 0 Å². The second kappa shape index (κ2) is 5.33. The van der Waals surface area contributed by atoms with Crippen molar-refractivity contribution in [1.82, 2.24) is 0 Å². The van der Waals surface area contributed by atoms with E-state index in [9.17, 15) is 9.59 Å². The zero-order valence-corrected chi connectivity index (χ0v) is 17.6. The number of ether oxygens (including phenoxy) is 3. The molecule has 0 spiro atoms. The van der Waals surface area contributed by atoms with Crippen LogP contribution in [0.1, 0.15) is 33.1 Å². The van der Waals surface area contributed by atoms with E-state index in [1.165, 1.54) is 26.7 Å². The highest BCUT2D eigenvalue weighted by molar-refractivity contribution is 5.67. The molecule has 16 atom stereocenters. The van der Waals surface area contributed by atoms with Gasteiger partial charge in [0.05, 0.1) is 12.2 Å². The molecule has 0 aromatic carbocycles. The highest BCUT2D eigenvalue weighted by Gasteiger charge is 2.79. The van der Waals surface area contributed by atoms with Gasteiger partial charge in [-0.25, -0.2) is 0 Å². The van der Waals surface area contributed by atoms with Crippen molar-refractivity contribution in [2.45, 2.75) is 57.5 Å². The van der Waals surface area contributed by atoms with E-state index in [2.05, 4.69) is 12.2 Å². The lowest BCUT2D eigenvalue weighted by molar-refractivity contribution is -0.177. The van der Waals surface area contributed by atoms with Crippen molar-refractivity contribution in [3.63, 3.8) is 0 Å². The molecule has 0 N–H and O–H groups in total. The first-order valence-corrected chi connectivity index (χ1v) is 12.2. The molecule has 16 unspecified atom stereocenters. The minimum absolute atomic E-state index is 0.264. The van der Waals surface area contributed by atoms with E-state index < -0.39 is 0 Å². The number of rotatable bonds is 2. The van der Waals surface area contributed by atoms with Crippen molar-refractivity contribution in [3.05, 3.63) is 12.2 Å². The van der Waals surface area contributed by atoms with Crippen LogP contribution >= 0.6 is 0 Å². The molecule has 8 aliphatic rings. The van der Waals surface area contributed by atoms with Crippen molar-refractivity contribution in [2.24, 2.45) is 71.0 Å². The van der Waals surface area contributed by atoms with E-state index in [0.717, 1.165) is 53.8 Å². The van der Waals surface area contributed by atoms with Gasteiger partial charge in [0.1, 0.15) is 12.2 Å². The quantitative estimate of drug-likeness (QED) is 0.398. The first kappa shape index (κ1) is 17.2. The predicted octanol–water partition coefficient (Wildman–Crippen LogP) is 2.83. The number of allylic oxidation sites excluding steroid dienone is 2. The SMILES string of the molecule is CC(=O)OC1C2CC(C1OC(C)=O)C1C3OC(C21)C1C2CC(C4C5C=CC(C5)C24)C31. The smallest absolute Gasteiger partial charge is 0.303 e. The summed E-state index contributed by atoms with van der Waals surface area (Å²) in [6, 6.07) is 0. The molecule has 2 aliphatic heterocycles. The average molecular weight is 411 g/mol. The number of hydrogen-bond acceptors (Lipinski definition) is 5. The lowest BCUT2D eigenvalue weighted by Crippen LogP contribution is -2.55. The Morgan fingerprint density at radius 2 is 1.10 bits per heavy atom. The molecule has 2 saturated heterocycles. The normalized spacial score (nSPS) is 63.9. The highest BCUT2D eigenvalue weighted by atomic mass is 16.6. The average Bonchev–Trinajstić information content (AvgIpc) is 3.49. The topological polar surface area (TPSA) is 61.8 Å². The van der Waals surface area contributed by atoms with Gasteiger partial charge in [-0.05, 0) is 78.4 Å². The Bertz CT molecular complexity index is 815.